The van der Waals surface area contributed by atoms with Gasteiger partial charge in [-0.2, -0.15) is 12.7 Å². The van der Waals surface area contributed by atoms with Crippen LogP contribution in [0.25, 0.3) is 11.1 Å². The van der Waals surface area contributed by atoms with E-state index >= 15 is 0 Å². The fourth-order valence-electron chi connectivity index (χ4n) is 4.04. The summed E-state index contributed by atoms with van der Waals surface area (Å²) in [6, 6.07) is 8.31. The van der Waals surface area contributed by atoms with Crippen LogP contribution in [-0.4, -0.2) is 44.2 Å². The summed E-state index contributed by atoms with van der Waals surface area (Å²) in [5, 5.41) is 4.76. The van der Waals surface area contributed by atoms with E-state index in [2.05, 4.69) is 15.3 Å². The van der Waals surface area contributed by atoms with Crippen molar-refractivity contribution in [3.63, 3.8) is 0 Å². The molecule has 1 saturated heterocycles. The van der Waals surface area contributed by atoms with E-state index in [9.17, 15) is 12.8 Å². The fraction of sp³-hybridized carbons (Fsp3) is 0.273. The highest BCUT2D eigenvalue weighted by atomic mass is 32.2. The average Bonchev–Trinajstić information content (AvgIpc) is 3.53. The van der Waals surface area contributed by atoms with Gasteiger partial charge in [0.25, 0.3) is 10.0 Å². The molecule has 13 heteroatoms. The number of nitrogens with zero attached hydrogens (tertiary/aromatic N) is 3. The zero-order chi connectivity index (χ0) is 25.0. The largest absolute Gasteiger partial charge is 0.458 e. The van der Waals surface area contributed by atoms with Crippen molar-refractivity contribution in [3.05, 3.63) is 65.2 Å². The Hall–Kier alpha value is -3.00. The second kappa shape index (κ2) is 10.7. The highest BCUT2D eigenvalue weighted by Crippen LogP contribution is 2.37. The zero-order valence-electron chi connectivity index (χ0n) is 18.5. The summed E-state index contributed by atoms with van der Waals surface area (Å²) < 4.78 is 64.1. The van der Waals surface area contributed by atoms with Crippen LogP contribution in [0, 0.1) is 12.7 Å². The molecule has 0 spiro atoms. The van der Waals surface area contributed by atoms with E-state index in [4.69, 9.17) is 12.8 Å². The van der Waals surface area contributed by atoms with Crippen molar-refractivity contribution in [2.45, 2.75) is 29.9 Å². The monoisotopic (exact) mass is 536 g/mol. The number of thiophene rings is 1. The minimum absolute atomic E-state index is 0.116. The highest BCUT2D eigenvalue weighted by Gasteiger charge is 2.32. The maximum absolute atomic E-state index is 14.3. The molecule has 4 aromatic rings. The van der Waals surface area contributed by atoms with Crippen LogP contribution in [0.3, 0.4) is 0 Å². The number of benzene rings is 1. The van der Waals surface area contributed by atoms with Gasteiger partial charge in [0.15, 0.2) is 11.4 Å². The van der Waals surface area contributed by atoms with E-state index in [-0.39, 0.29) is 11.7 Å². The first-order valence-corrected chi connectivity index (χ1v) is 13.5. The molecule has 0 saturated carbocycles. The van der Waals surface area contributed by atoms with Crippen LogP contribution < -0.4 is 5.32 Å². The van der Waals surface area contributed by atoms with Crippen LogP contribution in [0.4, 0.5) is 15.9 Å². The van der Waals surface area contributed by atoms with Gasteiger partial charge in [0.05, 0.1) is 12.0 Å². The minimum atomic E-state index is -3.44. The second-order valence-electron chi connectivity index (χ2n) is 7.88. The average molecular weight is 537 g/mol. The fourth-order valence-corrected chi connectivity index (χ4v) is 6.66. The lowest BCUT2D eigenvalue weighted by molar-refractivity contribution is 0.320. The molecule has 1 aliphatic heterocycles. The predicted octanol–water partition coefficient (Wildman–Crippen LogP) is 4.37. The topological polar surface area (TPSA) is 122 Å². The molecule has 1 aliphatic rings. The summed E-state index contributed by atoms with van der Waals surface area (Å²) in [5.41, 5.74) is 3.17. The first-order chi connectivity index (χ1) is 16.8. The van der Waals surface area contributed by atoms with Crippen LogP contribution in [0.5, 0.6) is 0 Å². The maximum atomic E-state index is 14.3. The zero-order valence-corrected chi connectivity index (χ0v) is 21.0. The molecule has 1 fully saturated rings. The van der Waals surface area contributed by atoms with Crippen LogP contribution in [-0.2, 0) is 21.6 Å². The molecule has 1 N–H and O–H groups in total. The Kier molecular flexibility index (Phi) is 7.69. The number of aromatic nitrogens is 2. The molecule has 35 heavy (non-hydrogen) atoms. The highest BCUT2D eigenvalue weighted by molar-refractivity contribution is 7.91. The molecule has 0 unspecified atom stereocenters. The number of aryl methyl sites for hydroxylation is 1. The number of fused-ring (bicyclic) bond motifs is 1. The summed E-state index contributed by atoms with van der Waals surface area (Å²) in [5.74, 6) is 0.134. The number of halogens is 1. The lowest BCUT2D eigenvalue weighted by atomic mass is 9.91. The predicted molar refractivity (Wildman–Crippen MR) is 130 cm³/mol. The molecular formula is C22H21FN4O5S3. The number of anilines is 2. The molecule has 0 aliphatic carbocycles. The molecular weight excluding hydrogens is 515 g/mol. The Bertz CT molecular complexity index is 1460. The van der Waals surface area contributed by atoms with Gasteiger partial charge < -0.3 is 9.73 Å². The Morgan fingerprint density at radius 3 is 2.60 bits per heavy atom. The number of hydrogen-bond acceptors (Lipinski definition) is 9. The molecule has 0 atom stereocenters. The van der Waals surface area contributed by atoms with Gasteiger partial charge in [0.2, 0.25) is 0 Å². The summed E-state index contributed by atoms with van der Waals surface area (Å²) in [6.45, 7) is 2.69. The first-order valence-electron chi connectivity index (χ1n) is 10.6. The molecule has 5 rings (SSSR count). The summed E-state index contributed by atoms with van der Waals surface area (Å²) >= 11 is 0.483. The smallest absolute Gasteiger partial charge is 0.335 e. The van der Waals surface area contributed by atoms with E-state index < -0.39 is 21.6 Å². The molecule has 0 amide bonds. The van der Waals surface area contributed by atoms with Gasteiger partial charge in [-0.05, 0) is 54.8 Å². The quantitative estimate of drug-likeness (QED) is 0.399. The van der Waals surface area contributed by atoms with E-state index in [1.54, 1.807) is 34.1 Å². The van der Waals surface area contributed by atoms with E-state index in [1.807, 2.05) is 13.0 Å². The minimum Gasteiger partial charge on any atom is -0.458 e. The standard InChI is InChI=1S/C22H21FN4O3S2.O2S/c1-14-4-5-18(17(23)11-14)26-22-21-20(24-13-25-22)16(12-30-21)15-6-8-27(9-7-15)32(28,29)19-3-2-10-31-19;1-3-2/h2-5,10-13,15H,6-9H2,1H3,(H,24,25,26);. The van der Waals surface area contributed by atoms with Crippen LogP contribution in [0.1, 0.15) is 29.9 Å². The van der Waals surface area contributed by atoms with E-state index in [0.29, 0.717) is 52.7 Å². The second-order valence-corrected chi connectivity index (χ2v) is 11.1. The van der Waals surface area contributed by atoms with Crippen molar-refractivity contribution in [2.24, 2.45) is 0 Å². The van der Waals surface area contributed by atoms with Gasteiger partial charge >= 0.3 is 11.6 Å². The Morgan fingerprint density at radius 2 is 1.94 bits per heavy atom. The lowest BCUT2D eigenvalue weighted by Crippen LogP contribution is -2.37. The number of rotatable bonds is 5. The van der Waals surface area contributed by atoms with Crippen LogP contribution in [0.2, 0.25) is 0 Å². The maximum Gasteiger partial charge on any atom is 0.335 e. The first kappa shape index (κ1) is 25.1. The number of nitrogens with one attached hydrogen (secondary N) is 1. The Labute approximate surface area is 208 Å². The molecule has 1 aromatic carbocycles. The molecule has 9 nitrogen and oxygen atoms in total. The summed E-state index contributed by atoms with van der Waals surface area (Å²) in [7, 11) is -3.44. The van der Waals surface area contributed by atoms with Crippen molar-refractivity contribution in [3.8, 4) is 0 Å². The number of piperidine rings is 1. The van der Waals surface area contributed by atoms with Crippen LogP contribution >= 0.6 is 11.3 Å². The summed E-state index contributed by atoms with van der Waals surface area (Å²) in [6.07, 6.45) is 4.41. The third kappa shape index (κ3) is 5.32. The van der Waals surface area contributed by atoms with Gasteiger partial charge in [-0.1, -0.05) is 12.1 Å². The van der Waals surface area contributed by atoms with Gasteiger partial charge in [0.1, 0.15) is 21.9 Å². The normalized spacial score (nSPS) is 14.9. The van der Waals surface area contributed by atoms with Gasteiger partial charge in [0, 0.05) is 18.7 Å². The van der Waals surface area contributed by atoms with Crippen molar-refractivity contribution in [1.82, 2.24) is 14.3 Å². The van der Waals surface area contributed by atoms with E-state index in [1.165, 1.54) is 23.7 Å². The number of furan rings is 1. The number of sulfonamides is 1. The van der Waals surface area contributed by atoms with Crippen LogP contribution in [0.15, 0.2) is 56.9 Å². The SMILES string of the molecule is Cc1ccc(Nc2ncnc3c(C4CCN(S(=O)(=O)c5cccs5)CC4)coc23)c(F)c1.O=S=O. The molecule has 4 heterocycles. The van der Waals surface area contributed by atoms with Crippen molar-refractivity contribution in [1.29, 1.82) is 0 Å². The van der Waals surface area contributed by atoms with Gasteiger partial charge in [-0.3, -0.25) is 0 Å². The third-order valence-electron chi connectivity index (χ3n) is 5.74. The van der Waals surface area contributed by atoms with Crippen molar-refractivity contribution < 1.29 is 25.6 Å². The Balaban J connectivity index is 0.000000917. The van der Waals surface area contributed by atoms with Crippen molar-refractivity contribution >= 4 is 55.5 Å². The molecule has 0 radical (unpaired) electrons. The van der Waals surface area contributed by atoms with E-state index in [0.717, 1.165) is 11.1 Å². The third-order valence-corrected chi connectivity index (χ3v) is 9.01. The Morgan fingerprint density at radius 1 is 1.20 bits per heavy atom. The molecule has 3 aromatic heterocycles. The molecule has 184 valence electrons. The van der Waals surface area contributed by atoms with Gasteiger partial charge in [-0.15, -0.1) is 11.3 Å². The van der Waals surface area contributed by atoms with Gasteiger partial charge in [-0.25, -0.2) is 22.8 Å². The number of hydrogen-bond donors (Lipinski definition) is 1. The molecule has 0 bridgehead atoms. The van der Waals surface area contributed by atoms with Crippen molar-refractivity contribution in [2.75, 3.05) is 18.4 Å². The lowest BCUT2D eigenvalue weighted by Gasteiger charge is -2.30. The summed E-state index contributed by atoms with van der Waals surface area (Å²) in [4.78, 5) is 8.62.